The Balaban J connectivity index is 1.58. The predicted octanol–water partition coefficient (Wildman–Crippen LogP) is 6.71. The zero-order valence-corrected chi connectivity index (χ0v) is 15.1. The third-order valence-electron chi connectivity index (χ3n) is 5.53. The van der Waals surface area contributed by atoms with Crippen LogP contribution in [-0.2, 0) is 0 Å². The number of nitrogens with zero attached hydrogens (tertiary/aromatic N) is 2. The van der Waals surface area contributed by atoms with Crippen LogP contribution in [0.1, 0.15) is 0 Å². The van der Waals surface area contributed by atoms with Crippen molar-refractivity contribution in [1.82, 2.24) is 9.97 Å². The second-order valence-electron chi connectivity index (χ2n) is 7.12. The van der Waals surface area contributed by atoms with Crippen molar-refractivity contribution in [3.05, 3.63) is 97.3 Å². The number of benzene rings is 4. The Labute approximate surface area is 162 Å². The zero-order chi connectivity index (χ0) is 18.5. The largest absolute Gasteiger partial charge is 0.255 e. The van der Waals surface area contributed by atoms with E-state index >= 15 is 0 Å². The summed E-state index contributed by atoms with van der Waals surface area (Å²) in [5, 5.41) is 7.81. The third kappa shape index (κ3) is 2.21. The van der Waals surface area contributed by atoms with Crippen molar-refractivity contribution >= 4 is 32.3 Å². The van der Waals surface area contributed by atoms with Gasteiger partial charge in [0, 0.05) is 18.0 Å². The minimum atomic E-state index is 0.891. The number of aromatic nitrogens is 2. The lowest BCUT2D eigenvalue weighted by Gasteiger charge is -2.14. The lowest BCUT2D eigenvalue weighted by Crippen LogP contribution is -1.89. The molecule has 0 aliphatic carbocycles. The summed E-state index contributed by atoms with van der Waals surface area (Å²) in [6, 6.07) is 29.9. The third-order valence-corrected chi connectivity index (χ3v) is 5.53. The van der Waals surface area contributed by atoms with Gasteiger partial charge in [-0.2, -0.15) is 0 Å². The van der Waals surface area contributed by atoms with Crippen molar-refractivity contribution in [2.75, 3.05) is 0 Å². The van der Waals surface area contributed by atoms with Crippen LogP contribution in [-0.4, -0.2) is 9.97 Å². The summed E-state index contributed by atoms with van der Waals surface area (Å²) in [4.78, 5) is 9.07. The molecule has 2 aromatic heterocycles. The normalized spacial score (nSPS) is 11.6. The molecule has 0 saturated heterocycles. The Bertz CT molecular complexity index is 1420. The Morgan fingerprint density at radius 3 is 2.00 bits per heavy atom. The van der Waals surface area contributed by atoms with Crippen molar-refractivity contribution in [1.29, 1.82) is 0 Å². The molecule has 6 aromatic rings. The molecule has 0 bridgehead atoms. The maximum absolute atomic E-state index is 4.67. The van der Waals surface area contributed by atoms with E-state index in [2.05, 4.69) is 76.7 Å². The van der Waals surface area contributed by atoms with Gasteiger partial charge < -0.3 is 0 Å². The van der Waals surface area contributed by atoms with Crippen LogP contribution in [0.4, 0.5) is 0 Å². The first-order valence-electron chi connectivity index (χ1n) is 9.43. The molecule has 28 heavy (non-hydrogen) atoms. The average molecular weight is 356 g/mol. The summed E-state index contributed by atoms with van der Waals surface area (Å²) in [5.74, 6) is 0. The predicted molar refractivity (Wildman–Crippen MR) is 117 cm³/mol. The van der Waals surface area contributed by atoms with Gasteiger partial charge in [-0.1, -0.05) is 66.7 Å². The molecule has 0 aliphatic heterocycles. The van der Waals surface area contributed by atoms with Crippen LogP contribution in [0.2, 0.25) is 0 Å². The second kappa shape index (κ2) is 5.86. The van der Waals surface area contributed by atoms with Crippen molar-refractivity contribution < 1.29 is 0 Å². The molecular weight excluding hydrogens is 340 g/mol. The highest BCUT2D eigenvalue weighted by Crippen LogP contribution is 2.39. The van der Waals surface area contributed by atoms with Crippen LogP contribution in [0, 0.1) is 0 Å². The molecule has 2 nitrogen and oxygen atoms in total. The van der Waals surface area contributed by atoms with Crippen LogP contribution in [0.25, 0.3) is 54.8 Å². The van der Waals surface area contributed by atoms with E-state index in [0.717, 1.165) is 17.0 Å². The highest BCUT2D eigenvalue weighted by Gasteiger charge is 2.12. The number of hydrogen-bond acceptors (Lipinski definition) is 2. The second-order valence-corrected chi connectivity index (χ2v) is 7.12. The summed E-state index contributed by atoms with van der Waals surface area (Å²) in [6.45, 7) is 0. The highest BCUT2D eigenvalue weighted by atomic mass is 14.8. The fourth-order valence-electron chi connectivity index (χ4n) is 4.21. The summed E-state index contributed by atoms with van der Waals surface area (Å²) < 4.78 is 0. The van der Waals surface area contributed by atoms with Crippen molar-refractivity contribution in [3.8, 4) is 22.5 Å². The van der Waals surface area contributed by atoms with Crippen LogP contribution in [0.5, 0.6) is 0 Å². The Morgan fingerprint density at radius 1 is 0.500 bits per heavy atom. The molecule has 0 amide bonds. The minimum Gasteiger partial charge on any atom is -0.255 e. The first kappa shape index (κ1) is 15.3. The average Bonchev–Trinajstić information content (AvgIpc) is 2.78. The molecule has 0 aliphatic rings. The Morgan fingerprint density at radius 2 is 1.25 bits per heavy atom. The van der Waals surface area contributed by atoms with Crippen LogP contribution in [0.15, 0.2) is 97.3 Å². The van der Waals surface area contributed by atoms with E-state index in [0.29, 0.717) is 0 Å². The van der Waals surface area contributed by atoms with Crippen LogP contribution < -0.4 is 0 Å². The van der Waals surface area contributed by atoms with Gasteiger partial charge in [-0.3, -0.25) is 9.97 Å². The molecule has 6 rings (SSSR count). The van der Waals surface area contributed by atoms with E-state index in [4.69, 9.17) is 0 Å². The summed E-state index contributed by atoms with van der Waals surface area (Å²) >= 11 is 0. The molecule has 0 radical (unpaired) electrons. The maximum atomic E-state index is 4.67. The first-order chi connectivity index (χ1) is 13.9. The molecule has 0 saturated carbocycles. The zero-order valence-electron chi connectivity index (χ0n) is 15.1. The first-order valence-corrected chi connectivity index (χ1v) is 9.43. The molecular formula is C26H16N2. The van der Waals surface area contributed by atoms with E-state index in [1.807, 2.05) is 24.4 Å². The molecule has 0 unspecified atom stereocenters. The van der Waals surface area contributed by atoms with Crippen molar-refractivity contribution in [2.24, 2.45) is 0 Å². The molecule has 2 heterocycles. The van der Waals surface area contributed by atoms with E-state index in [-0.39, 0.29) is 0 Å². The molecule has 0 N–H and O–H groups in total. The van der Waals surface area contributed by atoms with Crippen molar-refractivity contribution in [3.63, 3.8) is 0 Å². The molecule has 0 spiro atoms. The molecule has 2 heteroatoms. The molecule has 0 fully saturated rings. The number of pyridine rings is 2. The van der Waals surface area contributed by atoms with E-state index in [1.165, 1.54) is 37.9 Å². The lowest BCUT2D eigenvalue weighted by molar-refractivity contribution is 1.25. The van der Waals surface area contributed by atoms with Gasteiger partial charge in [-0.15, -0.1) is 0 Å². The van der Waals surface area contributed by atoms with E-state index < -0.39 is 0 Å². The Kier molecular flexibility index (Phi) is 3.20. The SMILES string of the molecule is c1ccc(-c2ccc(-c3ccc4ccc5cccc6ccc3c4c56)cn2)nc1. The van der Waals surface area contributed by atoms with Gasteiger partial charge in [0.15, 0.2) is 0 Å². The summed E-state index contributed by atoms with van der Waals surface area (Å²) in [6.07, 6.45) is 3.75. The van der Waals surface area contributed by atoms with Gasteiger partial charge in [0.05, 0.1) is 11.4 Å². The minimum absolute atomic E-state index is 0.891. The lowest BCUT2D eigenvalue weighted by atomic mass is 9.90. The topological polar surface area (TPSA) is 25.8 Å². The maximum Gasteiger partial charge on any atom is 0.0886 e. The number of hydrogen-bond donors (Lipinski definition) is 0. The van der Waals surface area contributed by atoms with E-state index in [9.17, 15) is 0 Å². The van der Waals surface area contributed by atoms with Gasteiger partial charge >= 0.3 is 0 Å². The molecule has 0 atom stereocenters. The summed E-state index contributed by atoms with van der Waals surface area (Å²) in [5.41, 5.74) is 4.12. The summed E-state index contributed by atoms with van der Waals surface area (Å²) in [7, 11) is 0. The fourth-order valence-corrected chi connectivity index (χ4v) is 4.21. The molecule has 130 valence electrons. The van der Waals surface area contributed by atoms with Gasteiger partial charge in [-0.25, -0.2) is 0 Å². The standard InChI is InChI=1S/C26H16N2/c1-2-15-27-23(6-1)24-14-11-20(16-28-24)21-12-9-19-8-7-17-4-3-5-18-10-13-22(21)26(19)25(17)18/h1-16H. The van der Waals surface area contributed by atoms with E-state index in [1.54, 1.807) is 6.20 Å². The number of rotatable bonds is 2. The smallest absolute Gasteiger partial charge is 0.0886 e. The van der Waals surface area contributed by atoms with Gasteiger partial charge in [-0.05, 0) is 56.1 Å². The van der Waals surface area contributed by atoms with Crippen LogP contribution in [0.3, 0.4) is 0 Å². The molecule has 4 aromatic carbocycles. The fraction of sp³-hybridized carbons (Fsp3) is 0. The van der Waals surface area contributed by atoms with Gasteiger partial charge in [0.1, 0.15) is 0 Å². The monoisotopic (exact) mass is 356 g/mol. The van der Waals surface area contributed by atoms with Gasteiger partial charge in [0.25, 0.3) is 0 Å². The van der Waals surface area contributed by atoms with Gasteiger partial charge in [0.2, 0.25) is 0 Å². The van der Waals surface area contributed by atoms with Crippen LogP contribution >= 0.6 is 0 Å². The highest BCUT2D eigenvalue weighted by molar-refractivity contribution is 6.25. The Hall–Kier alpha value is -3.78. The van der Waals surface area contributed by atoms with Crippen molar-refractivity contribution in [2.45, 2.75) is 0 Å². The quantitative estimate of drug-likeness (QED) is 0.322.